The number of nitrogens with zero attached hydrogens (tertiary/aromatic N) is 3. The molecule has 34 heavy (non-hydrogen) atoms. The number of anilines is 2. The van der Waals surface area contributed by atoms with E-state index in [0.717, 1.165) is 6.07 Å². The van der Waals surface area contributed by atoms with Crippen LogP contribution in [0.2, 0.25) is 0 Å². The molecule has 0 amide bonds. The Labute approximate surface area is 194 Å². The third kappa shape index (κ3) is 5.63. The van der Waals surface area contributed by atoms with Crippen LogP contribution in [0.4, 0.5) is 22.7 Å². The standard InChI is InChI=1S/C21H19N5O7S/c1-14(15-4-3-5-17(12-15)25(27)28)22-23-20-11-10-19(13-21(20)26(29)30)34(31,32)24-16-6-8-18(33-2)9-7-16/h3-13,23-24H,1-2H3/b22-14-. The van der Waals surface area contributed by atoms with Gasteiger partial charge in [-0.1, -0.05) is 12.1 Å². The molecule has 0 aliphatic carbocycles. The number of rotatable bonds is 9. The van der Waals surface area contributed by atoms with E-state index in [9.17, 15) is 28.6 Å². The zero-order valence-corrected chi connectivity index (χ0v) is 18.8. The smallest absolute Gasteiger partial charge is 0.295 e. The lowest BCUT2D eigenvalue weighted by atomic mass is 10.1. The molecule has 0 aromatic heterocycles. The van der Waals surface area contributed by atoms with Gasteiger partial charge in [0.05, 0.1) is 27.6 Å². The topological polar surface area (TPSA) is 166 Å². The first-order chi connectivity index (χ1) is 16.1. The fourth-order valence-electron chi connectivity index (χ4n) is 2.85. The minimum Gasteiger partial charge on any atom is -0.497 e. The van der Waals surface area contributed by atoms with Crippen molar-refractivity contribution < 1.29 is 23.0 Å². The summed E-state index contributed by atoms with van der Waals surface area (Å²) in [5.74, 6) is 0.537. The van der Waals surface area contributed by atoms with E-state index in [4.69, 9.17) is 4.74 Å². The van der Waals surface area contributed by atoms with E-state index < -0.39 is 25.6 Å². The average molecular weight is 485 g/mol. The molecule has 3 rings (SSSR count). The third-order valence-electron chi connectivity index (χ3n) is 4.64. The molecule has 176 valence electrons. The lowest BCUT2D eigenvalue weighted by Gasteiger charge is -2.10. The molecule has 0 unspecified atom stereocenters. The van der Waals surface area contributed by atoms with Gasteiger partial charge in [-0.25, -0.2) is 8.42 Å². The van der Waals surface area contributed by atoms with E-state index in [0.29, 0.717) is 17.0 Å². The van der Waals surface area contributed by atoms with Crippen molar-refractivity contribution in [3.63, 3.8) is 0 Å². The second-order valence-corrected chi connectivity index (χ2v) is 8.57. The van der Waals surface area contributed by atoms with E-state index in [-0.39, 0.29) is 22.0 Å². The molecule has 13 heteroatoms. The highest BCUT2D eigenvalue weighted by molar-refractivity contribution is 7.92. The Morgan fingerprint density at radius 2 is 1.68 bits per heavy atom. The Morgan fingerprint density at radius 1 is 0.971 bits per heavy atom. The Morgan fingerprint density at radius 3 is 2.29 bits per heavy atom. The maximum absolute atomic E-state index is 12.7. The summed E-state index contributed by atoms with van der Waals surface area (Å²) in [7, 11) is -2.64. The van der Waals surface area contributed by atoms with Gasteiger partial charge in [-0.3, -0.25) is 30.4 Å². The lowest BCUT2D eigenvalue weighted by molar-refractivity contribution is -0.384. The van der Waals surface area contributed by atoms with Crippen LogP contribution >= 0.6 is 0 Å². The number of methoxy groups -OCH3 is 1. The van der Waals surface area contributed by atoms with Gasteiger partial charge in [-0.2, -0.15) is 5.10 Å². The minimum atomic E-state index is -4.12. The van der Waals surface area contributed by atoms with Crippen LogP contribution in [0.3, 0.4) is 0 Å². The molecule has 0 bridgehead atoms. The summed E-state index contributed by atoms with van der Waals surface area (Å²) in [5, 5.41) is 26.6. The lowest BCUT2D eigenvalue weighted by Crippen LogP contribution is -2.13. The predicted molar refractivity (Wildman–Crippen MR) is 126 cm³/mol. The van der Waals surface area contributed by atoms with Crippen molar-refractivity contribution in [1.82, 2.24) is 0 Å². The van der Waals surface area contributed by atoms with Crippen molar-refractivity contribution in [2.45, 2.75) is 11.8 Å². The number of hydrazone groups is 1. The van der Waals surface area contributed by atoms with Gasteiger partial charge in [0.25, 0.3) is 21.4 Å². The van der Waals surface area contributed by atoms with Crippen LogP contribution in [0.25, 0.3) is 0 Å². The van der Waals surface area contributed by atoms with Crippen LogP contribution < -0.4 is 14.9 Å². The van der Waals surface area contributed by atoms with E-state index in [2.05, 4.69) is 15.2 Å². The van der Waals surface area contributed by atoms with Crippen molar-refractivity contribution >= 4 is 38.5 Å². The highest BCUT2D eigenvalue weighted by Crippen LogP contribution is 2.29. The quantitative estimate of drug-likeness (QED) is 0.259. The Balaban J connectivity index is 1.86. The first-order valence-corrected chi connectivity index (χ1v) is 11.1. The molecule has 0 saturated heterocycles. The highest BCUT2D eigenvalue weighted by atomic mass is 32.2. The van der Waals surface area contributed by atoms with Gasteiger partial charge in [0.1, 0.15) is 11.4 Å². The SMILES string of the molecule is COc1ccc(NS(=O)(=O)c2ccc(N/N=C(/C)c3cccc([N+](=O)[O-])c3)c([N+](=O)[O-])c2)cc1. The first kappa shape index (κ1) is 24.1. The molecule has 2 N–H and O–H groups in total. The average Bonchev–Trinajstić information content (AvgIpc) is 2.82. The number of hydrogen-bond acceptors (Lipinski definition) is 9. The van der Waals surface area contributed by atoms with Gasteiger partial charge in [0, 0.05) is 29.4 Å². The fourth-order valence-corrected chi connectivity index (χ4v) is 3.93. The molecule has 12 nitrogen and oxygen atoms in total. The van der Waals surface area contributed by atoms with E-state index in [1.165, 1.54) is 49.6 Å². The van der Waals surface area contributed by atoms with Gasteiger partial charge in [0.15, 0.2) is 0 Å². The summed E-state index contributed by atoms with van der Waals surface area (Å²) in [5.41, 5.74) is 2.84. The van der Waals surface area contributed by atoms with Gasteiger partial charge in [-0.05, 0) is 43.3 Å². The molecule has 3 aromatic rings. The second-order valence-electron chi connectivity index (χ2n) is 6.89. The maximum atomic E-state index is 12.7. The second kappa shape index (κ2) is 9.95. The Kier molecular flexibility index (Phi) is 7.06. The van der Waals surface area contributed by atoms with Crippen LogP contribution in [0, 0.1) is 20.2 Å². The number of non-ortho nitro benzene ring substituents is 1. The largest absolute Gasteiger partial charge is 0.497 e. The monoisotopic (exact) mass is 485 g/mol. The summed E-state index contributed by atoms with van der Waals surface area (Å²) in [6, 6.07) is 15.2. The minimum absolute atomic E-state index is 0.0572. The van der Waals surface area contributed by atoms with Crippen molar-refractivity contribution in [1.29, 1.82) is 0 Å². The third-order valence-corrected chi connectivity index (χ3v) is 6.02. The van der Waals surface area contributed by atoms with Crippen LogP contribution in [-0.2, 0) is 10.0 Å². The van der Waals surface area contributed by atoms with E-state index in [1.54, 1.807) is 25.1 Å². The molecule has 0 spiro atoms. The molecular formula is C21H19N5O7S. The summed E-state index contributed by atoms with van der Waals surface area (Å²) in [4.78, 5) is 20.9. The number of nitrogens with one attached hydrogen (secondary N) is 2. The first-order valence-electron chi connectivity index (χ1n) is 9.61. The van der Waals surface area contributed by atoms with Crippen molar-refractivity contribution in [2.75, 3.05) is 17.3 Å². The normalized spacial score (nSPS) is 11.5. The number of nitro groups is 2. The number of sulfonamides is 1. The number of hydrogen-bond donors (Lipinski definition) is 2. The predicted octanol–water partition coefficient (Wildman–Crippen LogP) is 4.15. The van der Waals surface area contributed by atoms with Crippen LogP contribution in [0.5, 0.6) is 5.75 Å². The summed E-state index contributed by atoms with van der Waals surface area (Å²) < 4.78 is 32.8. The number of nitro benzene ring substituents is 2. The van der Waals surface area contributed by atoms with Gasteiger partial charge < -0.3 is 4.74 Å². The summed E-state index contributed by atoms with van der Waals surface area (Å²) >= 11 is 0. The van der Waals surface area contributed by atoms with Crippen LogP contribution in [0.1, 0.15) is 12.5 Å². The fraction of sp³-hybridized carbons (Fsp3) is 0.0952. The van der Waals surface area contributed by atoms with Gasteiger partial charge >= 0.3 is 0 Å². The molecule has 0 aliphatic heterocycles. The number of benzene rings is 3. The molecule has 0 aliphatic rings. The highest BCUT2D eigenvalue weighted by Gasteiger charge is 2.22. The molecule has 3 aromatic carbocycles. The molecular weight excluding hydrogens is 466 g/mol. The summed E-state index contributed by atoms with van der Waals surface area (Å²) in [6.45, 7) is 1.56. The van der Waals surface area contributed by atoms with E-state index in [1.807, 2.05) is 0 Å². The van der Waals surface area contributed by atoms with Gasteiger partial charge in [-0.15, -0.1) is 0 Å². The number of ether oxygens (including phenoxy) is 1. The maximum Gasteiger partial charge on any atom is 0.295 e. The molecule has 0 atom stereocenters. The zero-order chi connectivity index (χ0) is 24.9. The Hall–Kier alpha value is -4.52. The summed E-state index contributed by atoms with van der Waals surface area (Å²) in [6.07, 6.45) is 0. The Bertz CT molecular complexity index is 1370. The van der Waals surface area contributed by atoms with Crippen molar-refractivity contribution in [2.24, 2.45) is 5.10 Å². The van der Waals surface area contributed by atoms with Crippen molar-refractivity contribution in [3.05, 3.63) is 92.5 Å². The van der Waals surface area contributed by atoms with Gasteiger partial charge in [0.2, 0.25) is 0 Å². The molecule has 0 radical (unpaired) electrons. The van der Waals surface area contributed by atoms with Crippen molar-refractivity contribution in [3.8, 4) is 5.75 Å². The van der Waals surface area contributed by atoms with Crippen LogP contribution in [0.15, 0.2) is 76.7 Å². The molecule has 0 heterocycles. The van der Waals surface area contributed by atoms with Crippen LogP contribution in [-0.4, -0.2) is 31.1 Å². The molecule has 0 saturated carbocycles. The van der Waals surface area contributed by atoms with E-state index >= 15 is 0 Å². The molecule has 0 fully saturated rings. The zero-order valence-electron chi connectivity index (χ0n) is 18.0.